The fraction of sp³-hybridized carbons (Fsp3) is 0.500. The number of piperidine rings is 1. The molecule has 1 heterocycles. The number of hydrogen-bond acceptors (Lipinski definition) is 4. The highest BCUT2D eigenvalue weighted by atomic mass is 32.2. The van der Waals surface area contributed by atoms with Crippen LogP contribution in [-0.2, 0) is 14.3 Å². The van der Waals surface area contributed by atoms with E-state index < -0.39 is 16.2 Å². The van der Waals surface area contributed by atoms with Crippen LogP contribution in [0.5, 0.6) is 0 Å². The van der Waals surface area contributed by atoms with Gasteiger partial charge in [0.15, 0.2) is 0 Å². The Morgan fingerprint density at radius 3 is 2.67 bits per heavy atom. The van der Waals surface area contributed by atoms with Crippen molar-refractivity contribution in [2.24, 2.45) is 5.92 Å². The predicted molar refractivity (Wildman–Crippen MR) is 76.6 cm³/mol. The van der Waals surface area contributed by atoms with Gasteiger partial charge in [0.25, 0.3) is 10.1 Å². The second-order valence-corrected chi connectivity index (χ2v) is 6.90. The Morgan fingerprint density at radius 1 is 1.38 bits per heavy atom. The molecule has 1 N–H and O–H groups in total. The van der Waals surface area contributed by atoms with Crippen molar-refractivity contribution in [1.82, 2.24) is 4.90 Å². The summed E-state index contributed by atoms with van der Waals surface area (Å²) in [5.41, 5.74) is 0.971. The number of carbonyl (C=O) groups is 1. The minimum atomic E-state index is -3.78. The van der Waals surface area contributed by atoms with Crippen molar-refractivity contribution in [3.05, 3.63) is 29.8 Å². The Kier molecular flexibility index (Phi) is 4.84. The van der Waals surface area contributed by atoms with Crippen LogP contribution in [0.15, 0.2) is 29.2 Å². The number of hydrogen-bond donors (Lipinski definition) is 1. The Balaban J connectivity index is 1.95. The molecular formula is C14H19NO5S. The van der Waals surface area contributed by atoms with Gasteiger partial charge in [-0.15, -0.1) is 0 Å². The summed E-state index contributed by atoms with van der Waals surface area (Å²) in [4.78, 5) is 12.3. The lowest BCUT2D eigenvalue weighted by Crippen LogP contribution is -2.40. The molecule has 1 atom stereocenters. The molecule has 0 spiro atoms. The zero-order chi connectivity index (χ0) is 15.5. The van der Waals surface area contributed by atoms with Crippen LogP contribution in [0.25, 0.3) is 0 Å². The van der Waals surface area contributed by atoms with E-state index in [-0.39, 0.29) is 17.4 Å². The molecule has 1 unspecified atom stereocenters. The predicted octanol–water partition coefficient (Wildman–Crippen LogP) is 2.09. The highest BCUT2D eigenvalue weighted by molar-refractivity contribution is 7.86. The molecule has 0 bridgehead atoms. The molecule has 1 aliphatic heterocycles. The molecule has 6 nitrogen and oxygen atoms in total. The molecule has 1 amide bonds. The number of nitrogens with zero attached hydrogens (tertiary/aromatic N) is 1. The van der Waals surface area contributed by atoms with E-state index >= 15 is 0 Å². The summed E-state index contributed by atoms with van der Waals surface area (Å²) in [5.74, 6) is -0.0879. The molecule has 0 aliphatic carbocycles. The summed E-state index contributed by atoms with van der Waals surface area (Å²) in [6, 6.07) is 6.44. The topological polar surface area (TPSA) is 83.9 Å². The quantitative estimate of drug-likeness (QED) is 0.860. The molecule has 0 aromatic heterocycles. The summed E-state index contributed by atoms with van der Waals surface area (Å²) in [5, 5.41) is 8.95. The second kappa shape index (κ2) is 6.44. The van der Waals surface area contributed by atoms with Crippen molar-refractivity contribution in [3.8, 4) is 0 Å². The number of rotatable bonds is 4. The van der Waals surface area contributed by atoms with E-state index in [2.05, 4.69) is 0 Å². The second-order valence-electron chi connectivity index (χ2n) is 5.29. The number of likely N-dealkylation sites (tertiary alicyclic amines) is 1. The Morgan fingerprint density at radius 2 is 2.05 bits per heavy atom. The molecular weight excluding hydrogens is 294 g/mol. The maximum Gasteiger partial charge on any atom is 0.407 e. The van der Waals surface area contributed by atoms with Crippen molar-refractivity contribution >= 4 is 16.2 Å². The first-order valence-corrected chi connectivity index (χ1v) is 8.23. The van der Waals surface area contributed by atoms with Gasteiger partial charge in [0, 0.05) is 19.0 Å². The highest BCUT2D eigenvalue weighted by Gasteiger charge is 2.25. The summed E-state index contributed by atoms with van der Waals surface area (Å²) < 4.78 is 29.2. The van der Waals surface area contributed by atoms with Gasteiger partial charge in [0.05, 0.1) is 11.5 Å². The van der Waals surface area contributed by atoms with Crippen LogP contribution in [0.1, 0.15) is 18.4 Å². The molecule has 1 aromatic carbocycles. The minimum Gasteiger partial charge on any atom is -0.465 e. The third-order valence-corrected chi connectivity index (χ3v) is 4.85. The maximum atomic E-state index is 12.0. The largest absolute Gasteiger partial charge is 0.465 e. The molecule has 116 valence electrons. The zero-order valence-corrected chi connectivity index (χ0v) is 12.7. The molecule has 0 radical (unpaired) electrons. The van der Waals surface area contributed by atoms with Crippen LogP contribution >= 0.6 is 0 Å². The summed E-state index contributed by atoms with van der Waals surface area (Å²) in [6.07, 6.45) is 0.527. The van der Waals surface area contributed by atoms with Crippen LogP contribution in [-0.4, -0.2) is 44.2 Å². The first-order valence-electron chi connectivity index (χ1n) is 6.82. The monoisotopic (exact) mass is 313 g/mol. The third kappa shape index (κ3) is 4.18. The lowest BCUT2D eigenvalue weighted by Gasteiger charge is -2.30. The van der Waals surface area contributed by atoms with Gasteiger partial charge in [-0.3, -0.25) is 4.18 Å². The highest BCUT2D eigenvalue weighted by Crippen LogP contribution is 2.20. The lowest BCUT2D eigenvalue weighted by molar-refractivity contribution is 0.106. The first-order chi connectivity index (χ1) is 9.88. The van der Waals surface area contributed by atoms with Crippen LogP contribution < -0.4 is 0 Å². The average molecular weight is 313 g/mol. The summed E-state index contributed by atoms with van der Waals surface area (Å²) in [6.45, 7) is 2.70. The maximum absolute atomic E-state index is 12.0. The number of benzene rings is 1. The van der Waals surface area contributed by atoms with Crippen molar-refractivity contribution < 1.29 is 22.5 Å². The Labute approximate surface area is 124 Å². The van der Waals surface area contributed by atoms with Gasteiger partial charge < -0.3 is 10.0 Å². The van der Waals surface area contributed by atoms with E-state index in [0.717, 1.165) is 18.4 Å². The van der Waals surface area contributed by atoms with E-state index in [4.69, 9.17) is 9.29 Å². The normalized spacial score (nSPS) is 19.5. The van der Waals surface area contributed by atoms with Crippen LogP contribution in [0, 0.1) is 12.8 Å². The summed E-state index contributed by atoms with van der Waals surface area (Å²) >= 11 is 0. The average Bonchev–Trinajstić information content (AvgIpc) is 2.46. The van der Waals surface area contributed by atoms with Crippen molar-refractivity contribution in [3.63, 3.8) is 0 Å². The van der Waals surface area contributed by atoms with Crippen molar-refractivity contribution in [1.29, 1.82) is 0 Å². The third-order valence-electron chi connectivity index (χ3n) is 3.56. The van der Waals surface area contributed by atoms with E-state index in [9.17, 15) is 13.2 Å². The van der Waals surface area contributed by atoms with E-state index in [0.29, 0.717) is 13.1 Å². The molecule has 1 aromatic rings. The number of aryl methyl sites for hydroxylation is 1. The Hall–Kier alpha value is -1.60. The standard InChI is InChI=1S/C14H19NO5S/c1-11-4-6-13(7-5-11)21(18,19)20-10-12-3-2-8-15(9-12)14(16)17/h4-7,12H,2-3,8-10H2,1H3,(H,16,17). The molecule has 21 heavy (non-hydrogen) atoms. The Bertz CT molecular complexity index is 596. The van der Waals surface area contributed by atoms with Crippen molar-refractivity contribution in [2.75, 3.05) is 19.7 Å². The smallest absolute Gasteiger partial charge is 0.407 e. The molecule has 0 saturated carbocycles. The van der Waals surface area contributed by atoms with Crippen LogP contribution in [0.3, 0.4) is 0 Å². The zero-order valence-electron chi connectivity index (χ0n) is 11.9. The molecule has 1 fully saturated rings. The van der Waals surface area contributed by atoms with Crippen LogP contribution in [0.2, 0.25) is 0 Å². The van der Waals surface area contributed by atoms with Crippen molar-refractivity contribution in [2.45, 2.75) is 24.7 Å². The van der Waals surface area contributed by atoms with Gasteiger partial charge in [-0.2, -0.15) is 8.42 Å². The van der Waals surface area contributed by atoms with Gasteiger partial charge in [-0.05, 0) is 31.9 Å². The van der Waals surface area contributed by atoms with Gasteiger partial charge in [0.1, 0.15) is 0 Å². The fourth-order valence-corrected chi connectivity index (χ4v) is 3.31. The SMILES string of the molecule is Cc1ccc(S(=O)(=O)OCC2CCCN(C(=O)O)C2)cc1. The van der Waals surface area contributed by atoms with Gasteiger partial charge >= 0.3 is 6.09 Å². The van der Waals surface area contributed by atoms with Gasteiger partial charge in [0.2, 0.25) is 0 Å². The fourth-order valence-electron chi connectivity index (χ4n) is 2.33. The number of carboxylic acid groups (broad SMARTS) is 1. The van der Waals surface area contributed by atoms with E-state index in [1.54, 1.807) is 12.1 Å². The lowest BCUT2D eigenvalue weighted by atomic mass is 10.00. The molecule has 1 saturated heterocycles. The molecule has 2 rings (SSSR count). The minimum absolute atomic E-state index is 0.0139. The summed E-state index contributed by atoms with van der Waals surface area (Å²) in [7, 11) is -3.78. The van der Waals surface area contributed by atoms with E-state index in [1.807, 2.05) is 6.92 Å². The number of amides is 1. The first kappa shape index (κ1) is 15.8. The van der Waals surface area contributed by atoms with Gasteiger partial charge in [-0.1, -0.05) is 17.7 Å². The van der Waals surface area contributed by atoms with Gasteiger partial charge in [-0.25, -0.2) is 4.79 Å². The van der Waals surface area contributed by atoms with E-state index in [1.165, 1.54) is 17.0 Å². The molecule has 1 aliphatic rings. The molecule has 7 heteroatoms. The van der Waals surface area contributed by atoms with Crippen LogP contribution in [0.4, 0.5) is 4.79 Å².